The van der Waals surface area contributed by atoms with Crippen molar-refractivity contribution in [3.63, 3.8) is 0 Å². The van der Waals surface area contributed by atoms with E-state index < -0.39 is 0 Å². The molecule has 0 saturated heterocycles. The average molecular weight is 123 g/mol. The smallest absolute Gasteiger partial charge is 0.412 e. The zero-order valence-electron chi connectivity index (χ0n) is 2.95. The summed E-state index contributed by atoms with van der Waals surface area (Å²) in [5.74, 6) is 0. The largest absolute Gasteiger partial charge is 0.412 e. The first-order valence-electron chi connectivity index (χ1n) is 0.894. The van der Waals surface area contributed by atoms with Crippen LogP contribution in [-0.2, 0) is 0 Å². The Morgan fingerprint density at radius 3 is 1.25 bits per heavy atom. The van der Waals surface area contributed by atoms with Crippen molar-refractivity contribution in [2.24, 2.45) is 0 Å². The van der Waals surface area contributed by atoms with Crippen LogP contribution in [0.3, 0.4) is 0 Å². The van der Waals surface area contributed by atoms with Gasteiger partial charge >= 0.3 is 27.2 Å². The van der Waals surface area contributed by atoms with Crippen LogP contribution >= 0.6 is 0 Å². The summed E-state index contributed by atoms with van der Waals surface area (Å²) in [7, 11) is 0. The summed E-state index contributed by atoms with van der Waals surface area (Å²) < 4.78 is 0. The summed E-state index contributed by atoms with van der Waals surface area (Å²) in [6.07, 6.45) is 0. The van der Waals surface area contributed by atoms with E-state index in [0.717, 1.165) is 0 Å². The third-order valence-corrected chi connectivity index (χ3v) is 0. The van der Waals surface area contributed by atoms with Gasteiger partial charge in [-0.15, -0.1) is 0 Å². The molecule has 0 aromatic carbocycles. The molecular formula is C2H8AsO. The fourth-order valence-corrected chi connectivity index (χ4v) is 0. The molecule has 0 fully saturated rings. The molecule has 0 amide bonds. The van der Waals surface area contributed by atoms with E-state index in [1.54, 1.807) is 0 Å². The van der Waals surface area contributed by atoms with E-state index in [9.17, 15) is 0 Å². The van der Waals surface area contributed by atoms with E-state index in [-0.39, 0.29) is 5.48 Å². The third kappa shape index (κ3) is 21.6. The first kappa shape index (κ1) is 8.82. The van der Waals surface area contributed by atoms with Crippen molar-refractivity contribution in [3.05, 3.63) is 0 Å². The van der Waals surface area contributed by atoms with Crippen LogP contribution in [0.4, 0.5) is 0 Å². The van der Waals surface area contributed by atoms with E-state index >= 15 is 0 Å². The van der Waals surface area contributed by atoms with Crippen molar-refractivity contribution in [3.8, 4) is 0 Å². The Labute approximate surface area is 33.4 Å². The van der Waals surface area contributed by atoms with E-state index in [2.05, 4.69) is 11.4 Å². The fraction of sp³-hybridized carbons (Fsp3) is 1.00. The minimum Gasteiger partial charge on any atom is -0.412 e. The standard InChI is InChI=1S/C2H6As.H2O/c1-3-2;/h1-2H3;1H2. The van der Waals surface area contributed by atoms with E-state index in [4.69, 9.17) is 0 Å². The van der Waals surface area contributed by atoms with Gasteiger partial charge in [0.25, 0.3) is 0 Å². The van der Waals surface area contributed by atoms with E-state index in [0.29, 0.717) is 15.8 Å². The van der Waals surface area contributed by atoms with Gasteiger partial charge in [-0.3, -0.25) is 0 Å². The molecule has 1 nitrogen and oxygen atoms in total. The summed E-state index contributed by atoms with van der Waals surface area (Å²) in [5, 5.41) is 0. The molecule has 0 rings (SSSR count). The zero-order chi connectivity index (χ0) is 2.71. The van der Waals surface area contributed by atoms with Crippen molar-refractivity contribution in [2.75, 3.05) is 0 Å². The van der Waals surface area contributed by atoms with Crippen molar-refractivity contribution in [1.29, 1.82) is 0 Å². The van der Waals surface area contributed by atoms with Crippen LogP contribution in [0.15, 0.2) is 0 Å². The normalized spacial score (nSPS) is 4.50. The maximum Gasteiger partial charge on any atom is -0.412 e. The quantitative estimate of drug-likeness (QED) is 0.405. The summed E-state index contributed by atoms with van der Waals surface area (Å²) >= 11 is 0.688. The van der Waals surface area contributed by atoms with Crippen molar-refractivity contribution in [1.82, 2.24) is 0 Å². The molecule has 2 heteroatoms. The second kappa shape index (κ2) is 9.68. The van der Waals surface area contributed by atoms with E-state index in [1.165, 1.54) is 0 Å². The van der Waals surface area contributed by atoms with Crippen LogP contribution in [0.2, 0.25) is 11.4 Å². The van der Waals surface area contributed by atoms with Gasteiger partial charge in [0.05, 0.1) is 0 Å². The van der Waals surface area contributed by atoms with E-state index in [1.807, 2.05) is 0 Å². The predicted molar refractivity (Wildman–Crippen MR) is 21.1 cm³/mol. The molecule has 0 aliphatic rings. The van der Waals surface area contributed by atoms with Gasteiger partial charge in [-0.05, 0) is 0 Å². The van der Waals surface area contributed by atoms with Gasteiger partial charge in [-0.25, -0.2) is 0 Å². The minimum absolute atomic E-state index is 0. The average Bonchev–Trinajstić information content (AvgIpc) is 0.918. The molecule has 0 saturated carbocycles. The topological polar surface area (TPSA) is 31.5 Å². The van der Waals surface area contributed by atoms with Gasteiger partial charge in [0, 0.05) is 0 Å². The molecule has 2 N–H and O–H groups in total. The second-order valence-corrected chi connectivity index (χ2v) is 2.32. The van der Waals surface area contributed by atoms with Crippen molar-refractivity contribution in [2.45, 2.75) is 11.4 Å². The number of hydrogen-bond acceptors (Lipinski definition) is 0. The molecule has 0 spiro atoms. The summed E-state index contributed by atoms with van der Waals surface area (Å²) in [4.78, 5) is 0. The summed E-state index contributed by atoms with van der Waals surface area (Å²) in [6.45, 7) is 0. The van der Waals surface area contributed by atoms with Gasteiger partial charge in [-0.1, -0.05) is 0 Å². The molecule has 0 aliphatic heterocycles. The first-order chi connectivity index (χ1) is 1.41. The fourth-order valence-electron chi connectivity index (χ4n) is 0. The number of rotatable bonds is 0. The molecule has 0 unspecified atom stereocenters. The SMILES string of the molecule is C[As]C.O. The van der Waals surface area contributed by atoms with Gasteiger partial charge in [0.2, 0.25) is 0 Å². The Morgan fingerprint density at radius 2 is 1.25 bits per heavy atom. The molecule has 4 heavy (non-hydrogen) atoms. The molecule has 0 bridgehead atoms. The first-order valence-corrected chi connectivity index (χ1v) is 4.65. The molecule has 0 aliphatic carbocycles. The molecular weight excluding hydrogens is 115 g/mol. The van der Waals surface area contributed by atoms with Gasteiger partial charge in [0.1, 0.15) is 0 Å². The Balaban J connectivity index is 0. The molecule has 0 aromatic heterocycles. The van der Waals surface area contributed by atoms with Crippen LogP contribution in [0.5, 0.6) is 0 Å². The van der Waals surface area contributed by atoms with Gasteiger partial charge in [0.15, 0.2) is 0 Å². The van der Waals surface area contributed by atoms with Crippen LogP contribution in [0.25, 0.3) is 0 Å². The molecule has 0 heterocycles. The zero-order valence-corrected chi connectivity index (χ0v) is 4.82. The predicted octanol–water partition coefficient (Wildman–Crippen LogP) is -0.0379. The van der Waals surface area contributed by atoms with Gasteiger partial charge < -0.3 is 5.48 Å². The van der Waals surface area contributed by atoms with Crippen LogP contribution in [0.1, 0.15) is 0 Å². The Kier molecular flexibility index (Phi) is 21.3. The summed E-state index contributed by atoms with van der Waals surface area (Å²) in [5.41, 5.74) is 4.44. The third-order valence-electron chi connectivity index (χ3n) is 0. The Morgan fingerprint density at radius 1 is 1.25 bits per heavy atom. The monoisotopic (exact) mass is 123 g/mol. The molecule has 0 atom stereocenters. The Hall–Kier alpha value is 0.518. The maximum atomic E-state index is 2.22. The molecule has 1 radical (unpaired) electrons. The Bertz CT molecular complexity index is 6.00. The van der Waals surface area contributed by atoms with Crippen molar-refractivity contribution >= 4 is 15.8 Å². The number of hydrogen-bond donors (Lipinski definition) is 0. The van der Waals surface area contributed by atoms with Crippen LogP contribution in [0, 0.1) is 0 Å². The maximum absolute atomic E-state index is 2.22. The molecule has 0 aromatic rings. The second-order valence-electron chi connectivity index (χ2n) is 0.447. The van der Waals surface area contributed by atoms with Crippen LogP contribution < -0.4 is 0 Å². The van der Waals surface area contributed by atoms with Crippen molar-refractivity contribution < 1.29 is 5.48 Å². The van der Waals surface area contributed by atoms with Crippen LogP contribution in [-0.4, -0.2) is 21.2 Å². The summed E-state index contributed by atoms with van der Waals surface area (Å²) in [6, 6.07) is 0. The van der Waals surface area contributed by atoms with Gasteiger partial charge in [-0.2, -0.15) is 0 Å². The minimum atomic E-state index is 0. The molecule has 27 valence electrons.